The largest absolute Gasteiger partial charge is 0.486 e. The maximum Gasteiger partial charge on any atom is 0.155 e. The summed E-state index contributed by atoms with van der Waals surface area (Å²) < 4.78 is 14.7. The molecule has 5 atom stereocenters. The summed E-state index contributed by atoms with van der Waals surface area (Å²) in [5, 5.41) is 9.80. The third-order valence-corrected chi connectivity index (χ3v) is 20.6. The summed E-state index contributed by atoms with van der Waals surface area (Å²) in [6, 6.07) is 87.8. The zero-order valence-corrected chi connectivity index (χ0v) is 49.2. The van der Waals surface area contributed by atoms with Crippen LogP contribution in [-0.4, -0.2) is 17.1 Å². The van der Waals surface area contributed by atoms with Crippen LogP contribution in [0.1, 0.15) is 106 Å². The molecule has 0 fully saturated rings. The zero-order valence-electron chi connectivity index (χ0n) is 49.2. The van der Waals surface area contributed by atoms with Gasteiger partial charge in [-0.3, -0.25) is 4.99 Å². The SMILES string of the molecule is CC12CCCC=C1C1(C3=C(O2)C(c2cccc(-c4cccc(C#N)c4)c2)CC=C3)c2ccccc2-c2cc(C3=CC4=NC(c5ccccc5)=NC(c5cccc(-c6cccc7c6Oc6ccccc6C76c7ccccc7-c7ccccc76)c5)C4C=C3)ccc21. The molecule has 0 amide bonds. The molecule has 0 saturated carbocycles. The van der Waals surface area contributed by atoms with Crippen molar-refractivity contribution in [3.63, 3.8) is 0 Å². The molecular formula is C84H59N3O2. The fraction of sp³-hybridized carbons (Fsp3) is 0.131. The molecular weight excluding hydrogens is 1080 g/mol. The predicted octanol–water partition coefficient (Wildman–Crippen LogP) is 19.7. The van der Waals surface area contributed by atoms with Crippen molar-refractivity contribution in [1.82, 2.24) is 0 Å². The maximum absolute atomic E-state index is 9.80. The molecule has 0 N–H and O–H groups in total. The number of aliphatic imine (C=N–C) groups is 2. The summed E-state index contributed by atoms with van der Waals surface area (Å²) in [7, 11) is 0. The highest BCUT2D eigenvalue weighted by Crippen LogP contribution is 2.67. The topological polar surface area (TPSA) is 67.0 Å². The molecule has 0 radical (unpaired) electrons. The molecule has 0 saturated heterocycles. The number of fused-ring (bicyclic) bond motifs is 18. The van der Waals surface area contributed by atoms with Gasteiger partial charge < -0.3 is 9.47 Å². The summed E-state index contributed by atoms with van der Waals surface area (Å²) in [6.07, 6.45) is 18.1. The predicted molar refractivity (Wildman–Crippen MR) is 357 cm³/mol. The Morgan fingerprint density at radius 1 is 0.528 bits per heavy atom. The summed E-state index contributed by atoms with van der Waals surface area (Å²) >= 11 is 0. The van der Waals surface area contributed by atoms with Crippen molar-refractivity contribution in [3.05, 3.63) is 351 Å². The van der Waals surface area contributed by atoms with Crippen molar-refractivity contribution in [2.75, 3.05) is 0 Å². The number of rotatable bonds is 6. The van der Waals surface area contributed by atoms with E-state index in [1.807, 2.05) is 18.2 Å². The summed E-state index contributed by atoms with van der Waals surface area (Å²) in [6.45, 7) is 2.35. The van der Waals surface area contributed by atoms with Crippen LogP contribution in [-0.2, 0) is 15.6 Å². The number of nitrogens with zero attached hydrogens (tertiary/aromatic N) is 3. The normalized spacial score (nSPS) is 22.2. The summed E-state index contributed by atoms with van der Waals surface area (Å²) in [4.78, 5) is 11.1. The molecule has 10 aromatic carbocycles. The Morgan fingerprint density at radius 3 is 1.96 bits per heavy atom. The number of hydrogen-bond donors (Lipinski definition) is 0. The number of amidine groups is 1. The molecule has 5 heteroatoms. The van der Waals surface area contributed by atoms with Gasteiger partial charge in [-0.2, -0.15) is 5.26 Å². The van der Waals surface area contributed by atoms with Crippen LogP contribution in [0.5, 0.6) is 11.5 Å². The third-order valence-electron chi connectivity index (χ3n) is 20.6. The quantitative estimate of drug-likeness (QED) is 0.156. The van der Waals surface area contributed by atoms with E-state index in [9.17, 15) is 5.26 Å². The number of benzene rings is 10. The number of allylic oxidation sites excluding steroid dienone is 8. The molecule has 8 aliphatic rings. The van der Waals surface area contributed by atoms with Gasteiger partial charge in [0.2, 0.25) is 0 Å². The molecule has 0 aromatic heterocycles. The second-order valence-electron chi connectivity index (χ2n) is 25.2. The van der Waals surface area contributed by atoms with Crippen LogP contribution < -0.4 is 4.74 Å². The van der Waals surface area contributed by atoms with E-state index in [0.29, 0.717) is 5.56 Å². The zero-order chi connectivity index (χ0) is 59.0. The van der Waals surface area contributed by atoms with E-state index in [4.69, 9.17) is 19.5 Å². The minimum Gasteiger partial charge on any atom is -0.486 e. The van der Waals surface area contributed by atoms with Gasteiger partial charge >= 0.3 is 0 Å². The molecule has 5 aliphatic carbocycles. The Morgan fingerprint density at radius 2 is 1.16 bits per heavy atom. The fourth-order valence-electron chi connectivity index (χ4n) is 16.8. The van der Waals surface area contributed by atoms with Gasteiger partial charge in [-0.05, 0) is 158 Å². The molecule has 10 aromatic rings. The van der Waals surface area contributed by atoms with Gasteiger partial charge in [0.1, 0.15) is 22.9 Å². The van der Waals surface area contributed by atoms with E-state index in [0.717, 1.165) is 110 Å². The van der Waals surface area contributed by atoms with Gasteiger partial charge in [0.15, 0.2) is 5.84 Å². The van der Waals surface area contributed by atoms with Crippen molar-refractivity contribution < 1.29 is 9.47 Å². The van der Waals surface area contributed by atoms with E-state index in [2.05, 4.69) is 268 Å². The fourth-order valence-corrected chi connectivity index (χ4v) is 16.8. The van der Waals surface area contributed by atoms with E-state index < -0.39 is 16.4 Å². The highest BCUT2D eigenvalue weighted by molar-refractivity contribution is 6.17. The summed E-state index contributed by atoms with van der Waals surface area (Å²) in [5.41, 5.74) is 24.9. The maximum atomic E-state index is 9.80. The first-order valence-electron chi connectivity index (χ1n) is 31.4. The van der Waals surface area contributed by atoms with Crippen molar-refractivity contribution in [1.29, 1.82) is 5.26 Å². The number of nitriles is 1. The molecule has 89 heavy (non-hydrogen) atoms. The van der Waals surface area contributed by atoms with Crippen LogP contribution in [0.15, 0.2) is 300 Å². The van der Waals surface area contributed by atoms with Gasteiger partial charge in [-0.15, -0.1) is 0 Å². The van der Waals surface area contributed by atoms with Gasteiger partial charge in [0, 0.05) is 39.7 Å². The standard InChI is InChI=1S/C84H59N3O2/c1-82-45-14-13-40-77(82)84(74-38-19-32-62(80(74)89-82)58-25-16-24-55(47-58)54-23-15-20-52(46-54)51-85)70-35-10-7-30-65(70)67-49-56(42-44-71(67)84)57-41-43-66-75(50-57)86-81(53-21-3-2-4-22-53)87-78(66)60-27-17-26-59(48-60)61-31-18-37-73-79(61)88-76-39-12-11-36-72(76)83(73)68-33-8-5-28-63(68)64-29-6-9-34-69(64)83/h2-12,15-31,33-44,46-50,62,66,78H,13-14,32,45H2,1H3. The van der Waals surface area contributed by atoms with Crippen molar-refractivity contribution in [3.8, 4) is 62.1 Å². The van der Waals surface area contributed by atoms with E-state index in [1.54, 1.807) is 0 Å². The lowest BCUT2D eigenvalue weighted by Crippen LogP contribution is -2.50. The van der Waals surface area contributed by atoms with Crippen LogP contribution >= 0.6 is 0 Å². The number of hydrogen-bond acceptors (Lipinski definition) is 5. The van der Waals surface area contributed by atoms with Crippen LogP contribution in [0.25, 0.3) is 50.1 Å². The Balaban J connectivity index is 0.735. The van der Waals surface area contributed by atoms with E-state index in [-0.39, 0.29) is 17.9 Å². The molecule has 2 spiro atoms. The highest BCUT2D eigenvalue weighted by atomic mass is 16.5. The van der Waals surface area contributed by atoms with Gasteiger partial charge in [0.05, 0.1) is 34.2 Å². The van der Waals surface area contributed by atoms with Gasteiger partial charge in [-0.25, -0.2) is 4.99 Å². The average molecular weight is 1140 g/mol. The lowest BCUT2D eigenvalue weighted by atomic mass is 9.57. The van der Waals surface area contributed by atoms with Crippen molar-refractivity contribution in [2.24, 2.45) is 15.9 Å². The first-order valence-corrected chi connectivity index (χ1v) is 31.4. The number of ether oxygens (including phenoxy) is 2. The molecule has 3 heterocycles. The summed E-state index contributed by atoms with van der Waals surface area (Å²) in [5.74, 6) is 3.44. The minimum absolute atomic E-state index is 0.0107. The molecule has 18 rings (SSSR count). The van der Waals surface area contributed by atoms with Gasteiger partial charge in [0.25, 0.3) is 0 Å². The first kappa shape index (κ1) is 51.5. The average Bonchev–Trinajstić information content (AvgIpc) is 1.59. The third kappa shape index (κ3) is 7.47. The molecule has 422 valence electrons. The smallest absolute Gasteiger partial charge is 0.155 e. The van der Waals surface area contributed by atoms with Crippen LogP contribution in [0.3, 0.4) is 0 Å². The highest BCUT2D eigenvalue weighted by Gasteiger charge is 2.59. The molecule has 3 aliphatic heterocycles. The van der Waals surface area contributed by atoms with E-state index >= 15 is 0 Å². The lowest BCUT2D eigenvalue weighted by molar-refractivity contribution is 0.00511. The minimum atomic E-state index is -0.560. The van der Waals surface area contributed by atoms with Gasteiger partial charge in [-0.1, -0.05) is 237 Å². The van der Waals surface area contributed by atoms with Crippen LogP contribution in [0.4, 0.5) is 0 Å². The monoisotopic (exact) mass is 1140 g/mol. The number of para-hydroxylation sites is 2. The first-order chi connectivity index (χ1) is 43.9. The van der Waals surface area contributed by atoms with Crippen molar-refractivity contribution >= 4 is 17.1 Å². The van der Waals surface area contributed by atoms with Crippen molar-refractivity contribution in [2.45, 2.75) is 61.0 Å². The lowest BCUT2D eigenvalue weighted by Gasteiger charge is -2.53. The Bertz CT molecular complexity index is 4940. The second kappa shape index (κ2) is 19.7. The molecule has 5 nitrogen and oxygen atoms in total. The molecule has 0 bridgehead atoms. The Hall–Kier alpha value is -10.7. The van der Waals surface area contributed by atoms with Crippen LogP contribution in [0, 0.1) is 17.2 Å². The Kier molecular flexibility index (Phi) is 11.4. The van der Waals surface area contributed by atoms with Crippen LogP contribution in [0.2, 0.25) is 0 Å². The molecule has 5 unspecified atom stereocenters. The second-order valence-corrected chi connectivity index (χ2v) is 25.2. The van der Waals surface area contributed by atoms with E-state index in [1.165, 1.54) is 61.2 Å². The Labute approximate surface area is 519 Å².